The van der Waals surface area contributed by atoms with Crippen molar-refractivity contribution in [1.82, 2.24) is 20.2 Å². The molecular weight excluding hydrogens is 344 g/mol. The summed E-state index contributed by atoms with van der Waals surface area (Å²) < 4.78 is 0. The van der Waals surface area contributed by atoms with E-state index in [9.17, 15) is 0 Å². The number of nitrogens with two attached hydrogens (primary N) is 1. The maximum atomic E-state index is 5.92. The second-order valence-corrected chi connectivity index (χ2v) is 6.97. The minimum Gasteiger partial charge on any atom is -0.356 e. The Bertz CT molecular complexity index is 1000. The third kappa shape index (κ3) is 3.68. The summed E-state index contributed by atoms with van der Waals surface area (Å²) in [5.41, 5.74) is 8.11. The van der Waals surface area contributed by atoms with Crippen LogP contribution in [-0.4, -0.2) is 32.8 Å². The van der Waals surface area contributed by atoms with Gasteiger partial charge in [-0.2, -0.15) is 0 Å². The van der Waals surface area contributed by atoms with Gasteiger partial charge in [0.1, 0.15) is 5.01 Å². The van der Waals surface area contributed by atoms with Crippen LogP contribution in [0.15, 0.2) is 61.2 Å². The lowest BCUT2D eigenvalue weighted by Crippen LogP contribution is -2.31. The van der Waals surface area contributed by atoms with Gasteiger partial charge in [-0.3, -0.25) is 9.97 Å². The predicted molar refractivity (Wildman–Crippen MR) is 105 cm³/mol. The SMILES string of the molecule is NC[C@H](Cc1cccnc1)Nc1nnc(-c2ccc3cnccc3c2)s1. The quantitative estimate of drug-likeness (QED) is 0.548. The lowest BCUT2D eigenvalue weighted by Gasteiger charge is -2.15. The molecule has 0 aliphatic heterocycles. The van der Waals surface area contributed by atoms with Gasteiger partial charge in [-0.25, -0.2) is 0 Å². The van der Waals surface area contributed by atoms with Gasteiger partial charge in [0.15, 0.2) is 0 Å². The summed E-state index contributed by atoms with van der Waals surface area (Å²) in [7, 11) is 0. The molecular formula is C19H18N6S. The molecule has 0 saturated heterocycles. The Kier molecular flexibility index (Phi) is 4.81. The van der Waals surface area contributed by atoms with Crippen LogP contribution in [0.4, 0.5) is 5.13 Å². The van der Waals surface area contributed by atoms with Gasteiger partial charge in [-0.05, 0) is 35.6 Å². The summed E-state index contributed by atoms with van der Waals surface area (Å²) in [6, 6.07) is 12.3. The number of rotatable bonds is 6. The molecule has 3 N–H and O–H groups in total. The molecule has 0 saturated carbocycles. The van der Waals surface area contributed by atoms with Crippen molar-refractivity contribution in [1.29, 1.82) is 0 Å². The fourth-order valence-corrected chi connectivity index (χ4v) is 3.60. The molecule has 0 radical (unpaired) electrons. The average molecular weight is 362 g/mol. The first-order chi connectivity index (χ1) is 12.8. The van der Waals surface area contributed by atoms with Gasteiger partial charge in [-0.15, -0.1) is 10.2 Å². The Hall–Kier alpha value is -2.90. The van der Waals surface area contributed by atoms with Crippen LogP contribution in [0, 0.1) is 0 Å². The molecule has 0 bridgehead atoms. The Morgan fingerprint density at radius 3 is 2.77 bits per heavy atom. The van der Waals surface area contributed by atoms with Crippen molar-refractivity contribution in [3.05, 3.63) is 66.7 Å². The van der Waals surface area contributed by atoms with Crippen molar-refractivity contribution in [2.24, 2.45) is 5.73 Å². The van der Waals surface area contributed by atoms with Crippen molar-refractivity contribution < 1.29 is 0 Å². The maximum absolute atomic E-state index is 5.92. The number of nitrogens with zero attached hydrogens (tertiary/aromatic N) is 4. The van der Waals surface area contributed by atoms with E-state index in [1.807, 2.05) is 36.7 Å². The highest BCUT2D eigenvalue weighted by Crippen LogP contribution is 2.29. The van der Waals surface area contributed by atoms with Crippen molar-refractivity contribution in [3.8, 4) is 10.6 Å². The Morgan fingerprint density at radius 1 is 1.00 bits per heavy atom. The number of nitrogens with one attached hydrogen (secondary N) is 1. The molecule has 0 spiro atoms. The van der Waals surface area contributed by atoms with Crippen LogP contribution in [0.2, 0.25) is 0 Å². The standard InChI is InChI=1S/C19H18N6S/c20-10-17(8-13-2-1-6-21-11-13)23-19-25-24-18(26-19)15-3-4-16-12-22-7-5-14(16)9-15/h1-7,9,11-12,17H,8,10,20H2,(H,23,25)/t17-/m0/s1. The summed E-state index contributed by atoms with van der Waals surface area (Å²) in [5, 5.41) is 15.9. The highest BCUT2D eigenvalue weighted by atomic mass is 32.1. The molecule has 26 heavy (non-hydrogen) atoms. The average Bonchev–Trinajstić information content (AvgIpc) is 3.16. The zero-order chi connectivity index (χ0) is 17.8. The van der Waals surface area contributed by atoms with E-state index in [1.165, 1.54) is 11.3 Å². The minimum atomic E-state index is 0.0858. The van der Waals surface area contributed by atoms with Crippen molar-refractivity contribution in [3.63, 3.8) is 0 Å². The molecule has 0 fully saturated rings. The third-order valence-electron chi connectivity index (χ3n) is 4.13. The summed E-state index contributed by atoms with van der Waals surface area (Å²) in [6.45, 7) is 0.507. The van der Waals surface area contributed by atoms with E-state index in [2.05, 4.69) is 37.6 Å². The molecule has 1 aromatic carbocycles. The first-order valence-electron chi connectivity index (χ1n) is 8.35. The largest absolute Gasteiger partial charge is 0.356 e. The van der Waals surface area contributed by atoms with Gasteiger partial charge in [0.05, 0.1) is 0 Å². The molecule has 0 aliphatic rings. The Labute approximate surface area is 155 Å². The molecule has 0 amide bonds. The topological polar surface area (TPSA) is 89.6 Å². The van der Waals surface area contributed by atoms with Gasteiger partial charge in [0, 0.05) is 48.3 Å². The van der Waals surface area contributed by atoms with Crippen LogP contribution < -0.4 is 11.1 Å². The van der Waals surface area contributed by atoms with Gasteiger partial charge >= 0.3 is 0 Å². The molecule has 4 rings (SSSR count). The molecule has 3 heterocycles. The number of benzene rings is 1. The Balaban J connectivity index is 1.51. The molecule has 4 aromatic rings. The molecule has 0 aliphatic carbocycles. The number of hydrogen-bond acceptors (Lipinski definition) is 7. The van der Waals surface area contributed by atoms with Crippen LogP contribution in [-0.2, 0) is 6.42 Å². The van der Waals surface area contributed by atoms with Gasteiger partial charge in [0.25, 0.3) is 0 Å². The van der Waals surface area contributed by atoms with Crippen molar-refractivity contribution in [2.75, 3.05) is 11.9 Å². The molecule has 0 unspecified atom stereocenters. The second kappa shape index (κ2) is 7.55. The zero-order valence-corrected chi connectivity index (χ0v) is 14.9. The van der Waals surface area contributed by atoms with Gasteiger partial charge < -0.3 is 11.1 Å². The molecule has 6 nitrogen and oxygen atoms in total. The second-order valence-electron chi connectivity index (χ2n) is 5.99. The predicted octanol–water partition coefficient (Wildman–Crippen LogP) is 3.13. The minimum absolute atomic E-state index is 0.0858. The number of fused-ring (bicyclic) bond motifs is 1. The van der Waals surface area contributed by atoms with Gasteiger partial charge in [0.2, 0.25) is 5.13 Å². The van der Waals surface area contributed by atoms with Crippen LogP contribution in [0.3, 0.4) is 0 Å². The number of anilines is 1. The van der Waals surface area contributed by atoms with E-state index in [0.29, 0.717) is 6.54 Å². The van der Waals surface area contributed by atoms with E-state index in [0.717, 1.165) is 38.5 Å². The highest BCUT2D eigenvalue weighted by Gasteiger charge is 2.12. The summed E-state index contributed by atoms with van der Waals surface area (Å²) in [6.07, 6.45) is 8.08. The first-order valence-corrected chi connectivity index (χ1v) is 9.16. The zero-order valence-electron chi connectivity index (χ0n) is 14.0. The monoisotopic (exact) mass is 362 g/mol. The molecule has 3 aromatic heterocycles. The van der Waals surface area contributed by atoms with E-state index >= 15 is 0 Å². The first kappa shape index (κ1) is 16.6. The van der Waals surface area contributed by atoms with Crippen LogP contribution in [0.5, 0.6) is 0 Å². The van der Waals surface area contributed by atoms with Crippen LogP contribution in [0.25, 0.3) is 21.3 Å². The lowest BCUT2D eigenvalue weighted by molar-refractivity contribution is 0.719. The van der Waals surface area contributed by atoms with Crippen LogP contribution in [0.1, 0.15) is 5.56 Å². The summed E-state index contributed by atoms with van der Waals surface area (Å²) in [4.78, 5) is 8.29. The number of hydrogen-bond donors (Lipinski definition) is 2. The van der Waals surface area contributed by atoms with E-state index in [-0.39, 0.29) is 6.04 Å². The van der Waals surface area contributed by atoms with Gasteiger partial charge in [-0.1, -0.05) is 29.5 Å². The van der Waals surface area contributed by atoms with Crippen molar-refractivity contribution >= 4 is 27.2 Å². The smallest absolute Gasteiger partial charge is 0.206 e. The fourth-order valence-electron chi connectivity index (χ4n) is 2.79. The molecule has 1 atom stereocenters. The van der Waals surface area contributed by atoms with Crippen molar-refractivity contribution in [2.45, 2.75) is 12.5 Å². The molecule has 7 heteroatoms. The third-order valence-corrected chi connectivity index (χ3v) is 5.03. The Morgan fingerprint density at radius 2 is 1.92 bits per heavy atom. The lowest BCUT2D eigenvalue weighted by atomic mass is 10.1. The number of pyridine rings is 2. The fraction of sp³-hybridized carbons (Fsp3) is 0.158. The normalized spacial score (nSPS) is 12.2. The highest BCUT2D eigenvalue weighted by molar-refractivity contribution is 7.18. The summed E-state index contributed by atoms with van der Waals surface area (Å²) >= 11 is 1.53. The maximum Gasteiger partial charge on any atom is 0.206 e. The van der Waals surface area contributed by atoms with Crippen LogP contribution >= 0.6 is 11.3 Å². The number of aromatic nitrogens is 4. The van der Waals surface area contributed by atoms with E-state index in [1.54, 1.807) is 12.4 Å². The molecule has 130 valence electrons. The van der Waals surface area contributed by atoms with E-state index < -0.39 is 0 Å². The summed E-state index contributed by atoms with van der Waals surface area (Å²) in [5.74, 6) is 0. The van der Waals surface area contributed by atoms with E-state index in [4.69, 9.17) is 5.73 Å².